The van der Waals surface area contributed by atoms with Crippen LogP contribution in [-0.4, -0.2) is 16.6 Å². The summed E-state index contributed by atoms with van der Waals surface area (Å²) in [7, 11) is 2.44. The molecule has 0 aliphatic carbocycles. The molecule has 0 bridgehead atoms. The average molecular weight is 131 g/mol. The molecule has 0 spiro atoms. The van der Waals surface area contributed by atoms with E-state index in [0.717, 1.165) is 12.8 Å². The highest BCUT2D eigenvalue weighted by Gasteiger charge is 2.23. The molecule has 0 aromatic carbocycles. The molecule has 2 atom stereocenters. The van der Waals surface area contributed by atoms with Crippen molar-refractivity contribution in [3.8, 4) is 0 Å². The van der Waals surface area contributed by atoms with Crippen LogP contribution in [-0.2, 0) is 4.79 Å². The largest absolute Gasteiger partial charge is 0.325 e. The van der Waals surface area contributed by atoms with Crippen LogP contribution in [0.4, 0.5) is 0 Å². The molecule has 1 fully saturated rings. The van der Waals surface area contributed by atoms with Crippen LogP contribution < -0.4 is 0 Å². The summed E-state index contributed by atoms with van der Waals surface area (Å²) in [5, 5.41) is 0. The first-order valence-corrected chi connectivity index (χ1v) is 3.30. The van der Waals surface area contributed by atoms with E-state index in [1.165, 1.54) is 0 Å². The molecule has 0 N–H and O–H groups in total. The summed E-state index contributed by atoms with van der Waals surface area (Å²) < 4.78 is 1.72. The smallest absolute Gasteiger partial charge is 0.225 e. The highest BCUT2D eigenvalue weighted by atomic mass is 31.0. The molecule has 2 nitrogen and oxygen atoms in total. The number of carbonyl (C=O) groups excluding carboxylic acids is 1. The number of carbonyl (C=O) groups is 1. The maximum absolute atomic E-state index is 10.7. The Morgan fingerprint density at radius 2 is 2.50 bits per heavy atom. The monoisotopic (exact) mass is 131 g/mol. The van der Waals surface area contributed by atoms with Crippen molar-refractivity contribution < 1.29 is 4.79 Å². The standard InChI is InChI=1S/C5H10NOP/c1-4-2-3-5(7)6(4)8/h4H,2-3,8H2,1H3/t4-/m1/s1. The van der Waals surface area contributed by atoms with Gasteiger partial charge in [-0.1, -0.05) is 0 Å². The van der Waals surface area contributed by atoms with E-state index in [2.05, 4.69) is 16.3 Å². The number of hydrogen-bond acceptors (Lipinski definition) is 1. The van der Waals surface area contributed by atoms with Gasteiger partial charge in [-0.15, -0.1) is 0 Å². The number of amides is 1. The van der Waals surface area contributed by atoms with Crippen LogP contribution in [0.1, 0.15) is 19.8 Å². The molecule has 1 aliphatic heterocycles. The fourth-order valence-corrected chi connectivity index (χ4v) is 1.12. The predicted octanol–water partition coefficient (Wildman–Crippen LogP) is 0.787. The molecule has 46 valence electrons. The van der Waals surface area contributed by atoms with Gasteiger partial charge in [0.25, 0.3) is 0 Å². The molecule has 1 saturated heterocycles. The van der Waals surface area contributed by atoms with Gasteiger partial charge in [-0.3, -0.25) is 4.79 Å². The molecule has 1 rings (SSSR count). The molecule has 0 aromatic heterocycles. The molecule has 8 heavy (non-hydrogen) atoms. The van der Waals surface area contributed by atoms with E-state index in [4.69, 9.17) is 0 Å². The Morgan fingerprint density at radius 1 is 1.88 bits per heavy atom. The fraction of sp³-hybridized carbons (Fsp3) is 0.800. The average Bonchev–Trinajstić information content (AvgIpc) is 1.98. The Hall–Kier alpha value is -0.100. The van der Waals surface area contributed by atoms with Gasteiger partial charge in [0.15, 0.2) is 0 Å². The lowest BCUT2D eigenvalue weighted by Crippen LogP contribution is -2.18. The number of hydrogen-bond donors (Lipinski definition) is 0. The third-order valence-electron chi connectivity index (χ3n) is 1.54. The zero-order valence-electron chi connectivity index (χ0n) is 4.92. The highest BCUT2D eigenvalue weighted by molar-refractivity contribution is 7.14. The molecule has 0 saturated carbocycles. The normalized spacial score (nSPS) is 29.5. The lowest BCUT2D eigenvalue weighted by Gasteiger charge is -2.12. The van der Waals surface area contributed by atoms with Crippen molar-refractivity contribution in [2.45, 2.75) is 25.8 Å². The Balaban J connectivity index is 2.56. The van der Waals surface area contributed by atoms with Crippen molar-refractivity contribution in [1.82, 2.24) is 4.67 Å². The van der Waals surface area contributed by atoms with Gasteiger partial charge >= 0.3 is 0 Å². The Bertz CT molecular complexity index is 115. The third-order valence-corrected chi connectivity index (χ3v) is 2.34. The predicted molar refractivity (Wildman–Crippen MR) is 35.3 cm³/mol. The summed E-state index contributed by atoms with van der Waals surface area (Å²) in [6.45, 7) is 2.05. The maximum Gasteiger partial charge on any atom is 0.225 e. The van der Waals surface area contributed by atoms with Crippen LogP contribution in [0.5, 0.6) is 0 Å². The van der Waals surface area contributed by atoms with Gasteiger partial charge in [-0.25, -0.2) is 0 Å². The molecule has 0 radical (unpaired) electrons. The van der Waals surface area contributed by atoms with Crippen molar-refractivity contribution in [2.75, 3.05) is 0 Å². The Morgan fingerprint density at radius 3 is 2.62 bits per heavy atom. The van der Waals surface area contributed by atoms with E-state index in [1.807, 2.05) is 0 Å². The van der Waals surface area contributed by atoms with E-state index in [-0.39, 0.29) is 5.91 Å². The van der Waals surface area contributed by atoms with Crippen LogP contribution in [0.15, 0.2) is 0 Å². The zero-order chi connectivity index (χ0) is 6.15. The quantitative estimate of drug-likeness (QED) is 0.445. The van der Waals surface area contributed by atoms with Crippen LogP contribution >= 0.6 is 9.39 Å². The summed E-state index contributed by atoms with van der Waals surface area (Å²) in [5.74, 6) is 0.252. The van der Waals surface area contributed by atoms with Gasteiger partial charge in [0, 0.05) is 12.5 Å². The topological polar surface area (TPSA) is 20.3 Å². The van der Waals surface area contributed by atoms with E-state index in [1.54, 1.807) is 4.67 Å². The van der Waals surface area contributed by atoms with Crippen LogP contribution in [0, 0.1) is 0 Å². The summed E-state index contributed by atoms with van der Waals surface area (Å²) >= 11 is 0. The lowest BCUT2D eigenvalue weighted by atomic mass is 10.3. The first-order chi connectivity index (χ1) is 3.72. The third kappa shape index (κ3) is 0.851. The van der Waals surface area contributed by atoms with Crippen LogP contribution in [0.3, 0.4) is 0 Å². The molecule has 0 aromatic rings. The van der Waals surface area contributed by atoms with Crippen molar-refractivity contribution in [3.05, 3.63) is 0 Å². The second-order valence-electron chi connectivity index (χ2n) is 2.19. The number of nitrogens with zero attached hydrogens (tertiary/aromatic N) is 1. The summed E-state index contributed by atoms with van der Waals surface area (Å²) in [4.78, 5) is 10.7. The van der Waals surface area contributed by atoms with Crippen molar-refractivity contribution in [2.24, 2.45) is 0 Å². The van der Waals surface area contributed by atoms with Crippen molar-refractivity contribution in [1.29, 1.82) is 0 Å². The maximum atomic E-state index is 10.7. The van der Waals surface area contributed by atoms with Gasteiger partial charge in [0.05, 0.1) is 0 Å². The minimum absolute atomic E-state index is 0.252. The van der Waals surface area contributed by atoms with Gasteiger partial charge in [-0.05, 0) is 22.7 Å². The van der Waals surface area contributed by atoms with E-state index in [9.17, 15) is 4.79 Å². The summed E-state index contributed by atoms with van der Waals surface area (Å²) in [6.07, 6.45) is 1.74. The van der Waals surface area contributed by atoms with E-state index < -0.39 is 0 Å². The minimum atomic E-state index is 0.252. The van der Waals surface area contributed by atoms with E-state index >= 15 is 0 Å². The Kier molecular flexibility index (Phi) is 1.52. The second kappa shape index (κ2) is 2.02. The molecule has 1 heterocycles. The van der Waals surface area contributed by atoms with Gasteiger partial charge in [0.1, 0.15) is 0 Å². The molecular formula is C5H10NOP. The molecular weight excluding hydrogens is 121 g/mol. The van der Waals surface area contributed by atoms with Gasteiger partial charge < -0.3 is 4.67 Å². The van der Waals surface area contributed by atoms with Gasteiger partial charge in [-0.2, -0.15) is 0 Å². The van der Waals surface area contributed by atoms with Crippen LogP contribution in [0.25, 0.3) is 0 Å². The lowest BCUT2D eigenvalue weighted by molar-refractivity contribution is -0.124. The summed E-state index contributed by atoms with van der Waals surface area (Å²) in [5.41, 5.74) is 0. The van der Waals surface area contributed by atoms with Crippen molar-refractivity contribution in [3.63, 3.8) is 0 Å². The minimum Gasteiger partial charge on any atom is -0.325 e. The fourth-order valence-electron chi connectivity index (χ4n) is 0.846. The highest BCUT2D eigenvalue weighted by Crippen LogP contribution is 2.20. The first-order valence-electron chi connectivity index (χ1n) is 2.78. The first kappa shape index (κ1) is 6.03. The molecule has 3 heteroatoms. The zero-order valence-corrected chi connectivity index (χ0v) is 6.08. The SMILES string of the molecule is C[C@@H]1CCC(=O)N1P. The van der Waals surface area contributed by atoms with E-state index in [0.29, 0.717) is 6.04 Å². The molecule has 1 amide bonds. The van der Waals surface area contributed by atoms with Crippen LogP contribution in [0.2, 0.25) is 0 Å². The second-order valence-corrected chi connectivity index (χ2v) is 2.75. The Labute approximate surface area is 51.5 Å². The molecule has 1 aliphatic rings. The number of rotatable bonds is 0. The van der Waals surface area contributed by atoms with Crippen molar-refractivity contribution >= 4 is 15.3 Å². The van der Waals surface area contributed by atoms with Gasteiger partial charge in [0.2, 0.25) is 5.91 Å². The molecule has 1 unspecified atom stereocenters. The summed E-state index contributed by atoms with van der Waals surface area (Å²) in [6, 6.07) is 0.437.